The van der Waals surface area contributed by atoms with Crippen LogP contribution in [-0.4, -0.2) is 24.9 Å². The van der Waals surface area contributed by atoms with E-state index in [0.29, 0.717) is 23.3 Å². The first-order chi connectivity index (χ1) is 27.7. The third-order valence-corrected chi connectivity index (χ3v) is 11.3. The minimum absolute atomic E-state index is 0.587. The van der Waals surface area contributed by atoms with Crippen LogP contribution in [0.1, 0.15) is 0 Å². The SMILES string of the molecule is c1ccc(-c2ccc(-c3nc(-c4ccccc4)nc(-c4ccc5oc6c(-c7nc(-c8ccccc8)nc8c7sc7ccccc78)cccc6c5c4)n3)cc2)cc1. The van der Waals surface area contributed by atoms with Crippen LogP contribution in [0.2, 0.25) is 0 Å². The summed E-state index contributed by atoms with van der Waals surface area (Å²) in [7, 11) is 0. The molecule has 0 aliphatic heterocycles. The van der Waals surface area contributed by atoms with E-state index in [1.54, 1.807) is 11.3 Å². The summed E-state index contributed by atoms with van der Waals surface area (Å²) in [4.78, 5) is 25.4. The van der Waals surface area contributed by atoms with Crippen LogP contribution >= 0.6 is 11.3 Å². The summed E-state index contributed by atoms with van der Waals surface area (Å²) in [5, 5.41) is 3.08. The van der Waals surface area contributed by atoms with Crippen LogP contribution in [0.15, 0.2) is 180 Å². The Bertz CT molecular complexity index is 3230. The predicted molar refractivity (Wildman–Crippen MR) is 228 cm³/mol. The second-order valence-corrected chi connectivity index (χ2v) is 14.7. The van der Waals surface area contributed by atoms with Gasteiger partial charge in [-0.2, -0.15) is 0 Å². The topological polar surface area (TPSA) is 77.6 Å². The van der Waals surface area contributed by atoms with E-state index in [4.69, 9.17) is 29.3 Å². The lowest BCUT2D eigenvalue weighted by Gasteiger charge is -2.09. The number of benzene rings is 7. The van der Waals surface area contributed by atoms with Gasteiger partial charge in [-0.15, -0.1) is 11.3 Å². The Morgan fingerprint density at radius 1 is 0.375 bits per heavy atom. The second-order valence-electron chi connectivity index (χ2n) is 13.6. The third kappa shape index (κ3) is 5.52. The van der Waals surface area contributed by atoms with E-state index >= 15 is 0 Å². The molecule has 0 bridgehead atoms. The van der Waals surface area contributed by atoms with Crippen molar-refractivity contribution in [1.29, 1.82) is 0 Å². The van der Waals surface area contributed by atoms with E-state index in [0.717, 1.165) is 82.2 Å². The highest BCUT2D eigenvalue weighted by Crippen LogP contribution is 2.43. The van der Waals surface area contributed by atoms with Crippen LogP contribution in [0.25, 0.3) is 110 Å². The number of aromatic nitrogens is 5. The summed E-state index contributed by atoms with van der Waals surface area (Å²) in [5.74, 6) is 2.49. The predicted octanol–water partition coefficient (Wildman–Crippen LogP) is 12.9. The number of hydrogen-bond donors (Lipinski definition) is 0. The second kappa shape index (κ2) is 13.2. The highest BCUT2D eigenvalue weighted by atomic mass is 32.1. The first-order valence-corrected chi connectivity index (χ1v) is 19.2. The average Bonchev–Trinajstić information content (AvgIpc) is 3.85. The molecule has 0 aliphatic carbocycles. The van der Waals surface area contributed by atoms with E-state index in [9.17, 15) is 0 Å². The Labute approximate surface area is 325 Å². The fourth-order valence-corrected chi connectivity index (χ4v) is 8.55. The molecule has 4 heterocycles. The molecule has 0 spiro atoms. The maximum atomic E-state index is 6.72. The summed E-state index contributed by atoms with van der Waals surface area (Å²) in [6.07, 6.45) is 0. The Morgan fingerprint density at radius 3 is 1.59 bits per heavy atom. The summed E-state index contributed by atoms with van der Waals surface area (Å²) in [6, 6.07) is 59.8. The number of hydrogen-bond acceptors (Lipinski definition) is 7. The van der Waals surface area contributed by atoms with Gasteiger partial charge in [0.1, 0.15) is 11.2 Å². The van der Waals surface area contributed by atoms with Crippen molar-refractivity contribution in [3.63, 3.8) is 0 Å². The number of rotatable bonds is 6. The molecule has 7 aromatic carbocycles. The van der Waals surface area contributed by atoms with E-state index in [1.165, 1.54) is 4.70 Å². The van der Waals surface area contributed by atoms with Crippen molar-refractivity contribution in [2.75, 3.05) is 0 Å². The van der Waals surface area contributed by atoms with E-state index in [2.05, 4.69) is 109 Å². The van der Waals surface area contributed by atoms with Gasteiger partial charge in [0.2, 0.25) is 0 Å². The summed E-state index contributed by atoms with van der Waals surface area (Å²) in [6.45, 7) is 0. The largest absolute Gasteiger partial charge is 0.455 e. The van der Waals surface area contributed by atoms with E-state index in [-0.39, 0.29) is 0 Å². The number of thiophene rings is 1. The lowest BCUT2D eigenvalue weighted by molar-refractivity contribution is 0.670. The summed E-state index contributed by atoms with van der Waals surface area (Å²) >= 11 is 1.71. The monoisotopic (exact) mass is 735 g/mol. The zero-order valence-electron chi connectivity index (χ0n) is 29.8. The van der Waals surface area contributed by atoms with Crippen molar-refractivity contribution in [1.82, 2.24) is 24.9 Å². The van der Waals surface area contributed by atoms with Crippen LogP contribution in [0.3, 0.4) is 0 Å². The molecular formula is C49H29N5OS. The lowest BCUT2D eigenvalue weighted by Crippen LogP contribution is -2.00. The molecule has 0 N–H and O–H groups in total. The molecular weight excluding hydrogens is 707 g/mol. The molecule has 0 amide bonds. The fraction of sp³-hybridized carbons (Fsp3) is 0. The molecule has 0 saturated carbocycles. The van der Waals surface area contributed by atoms with Crippen molar-refractivity contribution in [3.05, 3.63) is 176 Å². The van der Waals surface area contributed by atoms with Gasteiger partial charge >= 0.3 is 0 Å². The van der Waals surface area contributed by atoms with Crippen LogP contribution < -0.4 is 0 Å². The molecule has 11 aromatic rings. The van der Waals surface area contributed by atoms with Gasteiger partial charge in [-0.3, -0.25) is 0 Å². The van der Waals surface area contributed by atoms with Crippen molar-refractivity contribution >= 4 is 53.6 Å². The minimum Gasteiger partial charge on any atom is -0.455 e. The lowest BCUT2D eigenvalue weighted by atomic mass is 10.0. The normalized spacial score (nSPS) is 11.6. The van der Waals surface area contributed by atoms with Crippen LogP contribution in [0.5, 0.6) is 0 Å². The van der Waals surface area contributed by atoms with Gasteiger partial charge in [0.05, 0.1) is 15.9 Å². The number of nitrogens with zero attached hydrogens (tertiary/aromatic N) is 5. The minimum atomic E-state index is 0.587. The Kier molecular flexibility index (Phi) is 7.57. The molecule has 0 radical (unpaired) electrons. The summed E-state index contributed by atoms with van der Waals surface area (Å²) < 4.78 is 8.92. The van der Waals surface area contributed by atoms with Crippen LogP contribution in [-0.2, 0) is 0 Å². The van der Waals surface area contributed by atoms with Crippen molar-refractivity contribution < 1.29 is 4.42 Å². The van der Waals surface area contributed by atoms with Crippen molar-refractivity contribution in [3.8, 4) is 67.9 Å². The molecule has 262 valence electrons. The first-order valence-electron chi connectivity index (χ1n) is 18.4. The number of para-hydroxylation sites is 1. The number of furan rings is 1. The fourth-order valence-electron chi connectivity index (χ4n) is 7.41. The van der Waals surface area contributed by atoms with Gasteiger partial charge in [-0.1, -0.05) is 146 Å². The Balaban J connectivity index is 1.07. The van der Waals surface area contributed by atoms with Gasteiger partial charge in [-0.05, 0) is 41.5 Å². The molecule has 0 aliphatic rings. The van der Waals surface area contributed by atoms with Crippen molar-refractivity contribution in [2.24, 2.45) is 0 Å². The van der Waals surface area contributed by atoms with Gasteiger partial charge in [-0.25, -0.2) is 24.9 Å². The molecule has 0 atom stereocenters. The first kappa shape index (κ1) is 32.1. The molecule has 0 fully saturated rings. The molecule has 4 aromatic heterocycles. The van der Waals surface area contributed by atoms with Crippen molar-refractivity contribution in [2.45, 2.75) is 0 Å². The van der Waals surface area contributed by atoms with Gasteiger partial charge in [0.15, 0.2) is 23.3 Å². The Morgan fingerprint density at radius 2 is 0.893 bits per heavy atom. The van der Waals surface area contributed by atoms with E-state index < -0.39 is 0 Å². The Hall–Kier alpha value is -7.35. The zero-order valence-corrected chi connectivity index (χ0v) is 30.6. The summed E-state index contributed by atoms with van der Waals surface area (Å²) in [5.41, 5.74) is 10.2. The number of fused-ring (bicyclic) bond motifs is 6. The molecule has 7 heteroatoms. The van der Waals surface area contributed by atoms with Crippen LogP contribution in [0.4, 0.5) is 0 Å². The molecule has 6 nitrogen and oxygen atoms in total. The van der Waals surface area contributed by atoms with Gasteiger partial charge < -0.3 is 4.42 Å². The molecule has 0 saturated heterocycles. The third-order valence-electron chi connectivity index (χ3n) is 10.2. The van der Waals surface area contributed by atoms with Gasteiger partial charge in [0, 0.05) is 48.7 Å². The van der Waals surface area contributed by atoms with Crippen LogP contribution in [0, 0.1) is 0 Å². The molecule has 11 rings (SSSR count). The highest BCUT2D eigenvalue weighted by Gasteiger charge is 2.21. The zero-order chi connectivity index (χ0) is 37.0. The smallest absolute Gasteiger partial charge is 0.164 e. The molecule has 56 heavy (non-hydrogen) atoms. The standard InChI is InChI=1S/C49H29N5OS/c1-4-13-30(14-5-1)31-23-25-34(26-24-31)48-52-47(33-17-8-3-9-18-33)53-49(54-48)35-27-28-40-39(29-35)36-20-12-21-38(44(36)55-40)43-45-42(37-19-10-11-22-41(37)56-45)50-46(51-43)32-15-6-2-7-16-32/h1-29H. The quantitative estimate of drug-likeness (QED) is 0.169. The maximum Gasteiger partial charge on any atom is 0.164 e. The van der Waals surface area contributed by atoms with E-state index in [1.807, 2.05) is 66.7 Å². The van der Waals surface area contributed by atoms with Gasteiger partial charge in [0.25, 0.3) is 0 Å². The molecule has 0 unspecified atom stereocenters. The highest BCUT2D eigenvalue weighted by molar-refractivity contribution is 7.26. The maximum absolute atomic E-state index is 6.72. The average molecular weight is 736 g/mol.